The number of aldehydes is 1. The van der Waals surface area contributed by atoms with Gasteiger partial charge in [-0.15, -0.1) is 6.42 Å². The summed E-state index contributed by atoms with van der Waals surface area (Å²) >= 11 is 1.43. The van der Waals surface area contributed by atoms with E-state index < -0.39 is 6.10 Å². The van der Waals surface area contributed by atoms with Gasteiger partial charge in [0, 0.05) is 17.7 Å². The first kappa shape index (κ1) is 25.4. The number of nitrogens with zero attached hydrogens (tertiary/aromatic N) is 1. The molecule has 0 aliphatic carbocycles. The first-order chi connectivity index (χ1) is 17.0. The zero-order valence-corrected chi connectivity index (χ0v) is 20.5. The molecular formula is C27H26N2O5S. The third kappa shape index (κ3) is 6.65. The molecule has 0 saturated heterocycles. The molecule has 2 N–H and O–H groups in total. The minimum absolute atomic E-state index is 0.551. The minimum atomic E-state index is -0.655. The molecule has 4 aromatic rings. The Bertz CT molecular complexity index is 1250. The maximum atomic E-state index is 11.3. The van der Waals surface area contributed by atoms with Crippen molar-refractivity contribution in [2.75, 3.05) is 26.6 Å². The van der Waals surface area contributed by atoms with Crippen LogP contribution in [-0.2, 0) is 4.79 Å². The van der Waals surface area contributed by atoms with Gasteiger partial charge in [-0.2, -0.15) is 0 Å². The number of benzene rings is 3. The number of aromatic nitrogens is 1. The third-order valence-corrected chi connectivity index (χ3v) is 5.68. The van der Waals surface area contributed by atoms with Crippen molar-refractivity contribution in [2.45, 2.75) is 13.0 Å². The van der Waals surface area contributed by atoms with Gasteiger partial charge < -0.3 is 24.7 Å². The molecule has 0 radical (unpaired) electrons. The summed E-state index contributed by atoms with van der Waals surface area (Å²) in [5.74, 6) is 5.27. The summed E-state index contributed by atoms with van der Waals surface area (Å²) in [5.41, 5.74) is 7.98. The number of nitrogen functional groups attached to an aromatic ring is 1. The number of fused-ring (bicyclic) bond motifs is 1. The molecule has 8 heteroatoms. The van der Waals surface area contributed by atoms with Crippen LogP contribution in [0.4, 0.5) is 5.13 Å². The van der Waals surface area contributed by atoms with Gasteiger partial charge in [-0.3, -0.25) is 4.79 Å². The molecule has 1 unspecified atom stereocenters. The van der Waals surface area contributed by atoms with E-state index in [9.17, 15) is 4.79 Å². The highest BCUT2D eigenvalue weighted by Crippen LogP contribution is 2.35. The number of methoxy groups -OCH3 is 2. The fourth-order valence-corrected chi connectivity index (χ4v) is 3.89. The predicted molar refractivity (Wildman–Crippen MR) is 139 cm³/mol. The Kier molecular flexibility index (Phi) is 8.93. The SMILES string of the molecule is C#Cc1ccc(OC(C=O)c2ccc(OCC)cc2)cc1.COc1cc2nc(N)sc2cc1OC. The summed E-state index contributed by atoms with van der Waals surface area (Å²) in [6, 6.07) is 18.0. The second kappa shape index (κ2) is 12.3. The lowest BCUT2D eigenvalue weighted by Crippen LogP contribution is -2.09. The van der Waals surface area contributed by atoms with Crippen molar-refractivity contribution in [3.63, 3.8) is 0 Å². The van der Waals surface area contributed by atoms with E-state index in [1.54, 1.807) is 38.5 Å². The maximum absolute atomic E-state index is 11.3. The Morgan fingerprint density at radius 1 is 1.03 bits per heavy atom. The van der Waals surface area contributed by atoms with E-state index in [2.05, 4.69) is 10.9 Å². The lowest BCUT2D eigenvalue weighted by atomic mass is 10.1. The van der Waals surface area contributed by atoms with Crippen LogP contribution < -0.4 is 24.7 Å². The molecule has 0 saturated carbocycles. The first-order valence-electron chi connectivity index (χ1n) is 10.7. The summed E-state index contributed by atoms with van der Waals surface area (Å²) in [5, 5.41) is 0.551. The van der Waals surface area contributed by atoms with Gasteiger partial charge in [-0.1, -0.05) is 29.4 Å². The number of ether oxygens (including phenoxy) is 4. The van der Waals surface area contributed by atoms with E-state index in [1.807, 2.05) is 43.3 Å². The number of hydrogen-bond acceptors (Lipinski definition) is 8. The van der Waals surface area contributed by atoms with Crippen molar-refractivity contribution >= 4 is 33.0 Å². The zero-order valence-electron chi connectivity index (χ0n) is 19.7. The highest BCUT2D eigenvalue weighted by molar-refractivity contribution is 7.22. The Morgan fingerprint density at radius 3 is 2.23 bits per heavy atom. The molecule has 180 valence electrons. The fraction of sp³-hybridized carbons (Fsp3) is 0.185. The lowest BCUT2D eigenvalue weighted by molar-refractivity contribution is -0.113. The van der Waals surface area contributed by atoms with Gasteiger partial charge >= 0.3 is 0 Å². The molecule has 1 atom stereocenters. The van der Waals surface area contributed by atoms with Gasteiger partial charge in [0.1, 0.15) is 11.5 Å². The number of carbonyl (C=O) groups excluding carboxylic acids is 1. The van der Waals surface area contributed by atoms with Crippen LogP contribution in [0.5, 0.6) is 23.0 Å². The van der Waals surface area contributed by atoms with E-state index in [4.69, 9.17) is 31.1 Å². The van der Waals surface area contributed by atoms with Crippen LogP contribution in [0, 0.1) is 12.3 Å². The molecule has 35 heavy (non-hydrogen) atoms. The Labute approximate surface area is 208 Å². The molecule has 0 spiro atoms. The zero-order chi connectivity index (χ0) is 25.2. The molecule has 0 fully saturated rings. The summed E-state index contributed by atoms with van der Waals surface area (Å²) < 4.78 is 22.4. The largest absolute Gasteiger partial charge is 0.494 e. The van der Waals surface area contributed by atoms with E-state index in [-0.39, 0.29) is 0 Å². The highest BCUT2D eigenvalue weighted by atomic mass is 32.1. The van der Waals surface area contributed by atoms with Crippen LogP contribution in [0.25, 0.3) is 10.2 Å². The topological polar surface area (TPSA) is 92.9 Å². The molecule has 0 aliphatic heterocycles. The van der Waals surface area contributed by atoms with Crippen molar-refractivity contribution in [1.29, 1.82) is 0 Å². The van der Waals surface area contributed by atoms with Crippen molar-refractivity contribution in [2.24, 2.45) is 0 Å². The van der Waals surface area contributed by atoms with Crippen molar-refractivity contribution < 1.29 is 23.7 Å². The molecule has 3 aromatic carbocycles. The fourth-order valence-electron chi connectivity index (χ4n) is 3.14. The number of rotatable bonds is 8. The Hall–Kier alpha value is -4.22. The summed E-state index contributed by atoms with van der Waals surface area (Å²) in [4.78, 5) is 15.4. The van der Waals surface area contributed by atoms with Gasteiger partial charge in [0.2, 0.25) is 0 Å². The molecule has 0 aliphatic rings. The van der Waals surface area contributed by atoms with Crippen molar-refractivity contribution in [1.82, 2.24) is 4.98 Å². The van der Waals surface area contributed by atoms with Gasteiger partial charge in [0.25, 0.3) is 0 Å². The van der Waals surface area contributed by atoms with Crippen molar-refractivity contribution in [3.05, 3.63) is 71.8 Å². The third-order valence-electron chi connectivity index (χ3n) is 4.84. The summed E-state index contributed by atoms with van der Waals surface area (Å²) in [7, 11) is 3.20. The second-order valence-corrected chi connectivity index (χ2v) is 8.13. The van der Waals surface area contributed by atoms with E-state index in [0.29, 0.717) is 29.0 Å². The van der Waals surface area contributed by atoms with Crippen LogP contribution in [0.2, 0.25) is 0 Å². The van der Waals surface area contributed by atoms with E-state index in [1.165, 1.54) is 11.3 Å². The molecular weight excluding hydrogens is 464 g/mol. The number of terminal acetylenes is 1. The lowest BCUT2D eigenvalue weighted by Gasteiger charge is -2.14. The number of anilines is 1. The monoisotopic (exact) mass is 490 g/mol. The first-order valence-corrected chi connectivity index (χ1v) is 11.5. The molecule has 0 amide bonds. The maximum Gasteiger partial charge on any atom is 0.181 e. The van der Waals surface area contributed by atoms with Crippen LogP contribution in [0.15, 0.2) is 60.7 Å². The second-order valence-electron chi connectivity index (χ2n) is 7.07. The molecule has 7 nitrogen and oxygen atoms in total. The normalized spacial score (nSPS) is 10.9. The molecule has 0 bridgehead atoms. The van der Waals surface area contributed by atoms with Gasteiger partial charge in [-0.25, -0.2) is 4.98 Å². The van der Waals surface area contributed by atoms with Crippen LogP contribution >= 0.6 is 11.3 Å². The van der Waals surface area contributed by atoms with E-state index in [0.717, 1.165) is 33.4 Å². The van der Waals surface area contributed by atoms with Crippen LogP contribution in [-0.4, -0.2) is 32.1 Å². The van der Waals surface area contributed by atoms with Crippen LogP contribution in [0.3, 0.4) is 0 Å². The average Bonchev–Trinajstić information content (AvgIpc) is 3.26. The summed E-state index contributed by atoms with van der Waals surface area (Å²) in [6.07, 6.45) is 5.41. The van der Waals surface area contributed by atoms with Gasteiger partial charge in [0.15, 0.2) is 29.0 Å². The standard InChI is InChI=1S/C18H16O3.C9H10N2O2S/c1-3-14-5-9-17(10-6-14)21-18(13-19)15-7-11-16(12-8-15)20-4-2;1-12-6-3-5-8(4-7(6)13-2)14-9(10)11-5/h1,5-13,18H,4H2,2H3;3-4H,1-2H3,(H2,10,11). The van der Waals surface area contributed by atoms with E-state index >= 15 is 0 Å². The molecule has 1 heterocycles. The van der Waals surface area contributed by atoms with Gasteiger partial charge in [-0.05, 0) is 48.9 Å². The number of hydrogen-bond donors (Lipinski definition) is 1. The number of nitrogens with two attached hydrogens (primary N) is 1. The number of thiazole rings is 1. The van der Waals surface area contributed by atoms with Gasteiger partial charge in [0.05, 0.1) is 31.0 Å². The highest BCUT2D eigenvalue weighted by Gasteiger charge is 2.12. The molecule has 4 rings (SSSR count). The van der Waals surface area contributed by atoms with Crippen LogP contribution in [0.1, 0.15) is 24.2 Å². The van der Waals surface area contributed by atoms with Crippen molar-refractivity contribution in [3.8, 4) is 35.3 Å². The Morgan fingerprint density at radius 2 is 1.66 bits per heavy atom. The number of carbonyl (C=O) groups is 1. The quantitative estimate of drug-likeness (QED) is 0.265. The summed E-state index contributed by atoms with van der Waals surface area (Å²) in [6.45, 7) is 2.53. The smallest absolute Gasteiger partial charge is 0.181 e. The minimum Gasteiger partial charge on any atom is -0.494 e. The average molecular weight is 491 g/mol. The predicted octanol–water partition coefficient (Wildman–Crippen LogP) is 5.28. The molecule has 1 aromatic heterocycles. The Balaban J connectivity index is 0.000000211.